The Morgan fingerprint density at radius 3 is 2.90 bits per heavy atom. The number of nitrogens with zero attached hydrogens (tertiary/aromatic N) is 3. The minimum absolute atomic E-state index is 0.238. The van der Waals surface area contributed by atoms with Gasteiger partial charge in [0.25, 0.3) is 0 Å². The van der Waals surface area contributed by atoms with Crippen molar-refractivity contribution in [3.05, 3.63) is 22.7 Å². The summed E-state index contributed by atoms with van der Waals surface area (Å²) in [5.41, 5.74) is 0.625. The zero-order valence-electron chi connectivity index (χ0n) is 11.8. The number of rotatable bonds is 7. The van der Waals surface area contributed by atoms with Crippen LogP contribution in [0, 0.1) is 0 Å². The Labute approximate surface area is 131 Å². The molecule has 0 aliphatic heterocycles. The number of ether oxygens (including phenoxy) is 1. The number of carbonyl (C=O) groups excluding carboxylic acids is 1. The third kappa shape index (κ3) is 4.63. The molecule has 0 fully saturated rings. The molecule has 2 aromatic rings. The normalized spacial score (nSPS) is 10.6. The Kier molecular flexibility index (Phi) is 5.86. The highest BCUT2D eigenvalue weighted by atomic mass is 79.9. The van der Waals surface area contributed by atoms with E-state index < -0.39 is 0 Å². The summed E-state index contributed by atoms with van der Waals surface area (Å²) >= 11 is 3.38. The molecule has 6 nitrogen and oxygen atoms in total. The van der Waals surface area contributed by atoms with Crippen molar-refractivity contribution in [2.45, 2.75) is 39.0 Å². The molecule has 0 spiro atoms. The first-order chi connectivity index (χ1) is 10.2. The van der Waals surface area contributed by atoms with E-state index in [2.05, 4.69) is 43.5 Å². The van der Waals surface area contributed by atoms with E-state index in [1.807, 2.05) is 6.07 Å². The number of unbranched alkanes of at least 4 members (excludes halogenated alkanes) is 3. The van der Waals surface area contributed by atoms with Gasteiger partial charge in [0.05, 0.1) is 5.56 Å². The highest BCUT2D eigenvalue weighted by Crippen LogP contribution is 2.30. The van der Waals surface area contributed by atoms with Gasteiger partial charge < -0.3 is 4.74 Å². The summed E-state index contributed by atoms with van der Waals surface area (Å²) in [6.45, 7) is 2.14. The van der Waals surface area contributed by atoms with E-state index in [0.717, 1.165) is 30.2 Å². The molecule has 1 aromatic carbocycles. The maximum Gasteiger partial charge on any atom is 0.311 e. The molecule has 0 saturated heterocycles. The van der Waals surface area contributed by atoms with E-state index in [4.69, 9.17) is 4.74 Å². The van der Waals surface area contributed by atoms with Gasteiger partial charge in [-0.15, -0.1) is 10.2 Å². The maximum absolute atomic E-state index is 11.9. The quantitative estimate of drug-likeness (QED) is 0.468. The van der Waals surface area contributed by atoms with Crippen LogP contribution in [-0.2, 0) is 4.79 Å². The molecule has 21 heavy (non-hydrogen) atoms. The second kappa shape index (κ2) is 7.87. The van der Waals surface area contributed by atoms with Crippen molar-refractivity contribution in [1.82, 2.24) is 20.6 Å². The van der Waals surface area contributed by atoms with Crippen LogP contribution in [0.15, 0.2) is 22.7 Å². The number of aromatic nitrogens is 4. The average Bonchev–Trinajstić information content (AvgIpc) is 2.99. The van der Waals surface area contributed by atoms with Crippen LogP contribution in [0.5, 0.6) is 5.75 Å². The molecule has 1 aromatic heterocycles. The van der Waals surface area contributed by atoms with Crippen LogP contribution in [0.1, 0.15) is 39.0 Å². The average molecular weight is 353 g/mol. The molecule has 0 saturated carbocycles. The second-order valence-corrected chi connectivity index (χ2v) is 5.58. The smallest absolute Gasteiger partial charge is 0.311 e. The van der Waals surface area contributed by atoms with E-state index in [9.17, 15) is 4.79 Å². The van der Waals surface area contributed by atoms with Gasteiger partial charge in [0.1, 0.15) is 5.75 Å². The summed E-state index contributed by atoms with van der Waals surface area (Å²) in [4.78, 5) is 11.9. The lowest BCUT2D eigenvalue weighted by Gasteiger charge is -2.08. The first-order valence-electron chi connectivity index (χ1n) is 6.94. The monoisotopic (exact) mass is 352 g/mol. The van der Waals surface area contributed by atoms with Gasteiger partial charge in [-0.25, -0.2) is 0 Å². The number of H-pyrrole nitrogens is 1. The number of esters is 1. The predicted octanol–water partition coefficient (Wildman–Crippen LogP) is 3.51. The Morgan fingerprint density at radius 1 is 1.33 bits per heavy atom. The van der Waals surface area contributed by atoms with Gasteiger partial charge in [0.2, 0.25) is 5.82 Å². The van der Waals surface area contributed by atoms with E-state index in [1.54, 1.807) is 12.1 Å². The summed E-state index contributed by atoms with van der Waals surface area (Å²) in [5.74, 6) is 0.600. The summed E-state index contributed by atoms with van der Waals surface area (Å²) < 4.78 is 6.27. The Hall–Kier alpha value is -1.76. The molecule has 0 amide bonds. The Bertz CT molecular complexity index is 587. The number of tetrazole rings is 1. The van der Waals surface area contributed by atoms with Crippen LogP contribution in [0.25, 0.3) is 11.4 Å². The first kappa shape index (κ1) is 15.6. The van der Waals surface area contributed by atoms with E-state index in [-0.39, 0.29) is 5.97 Å². The van der Waals surface area contributed by atoms with Crippen LogP contribution >= 0.6 is 15.9 Å². The Morgan fingerprint density at radius 2 is 2.19 bits per heavy atom. The molecule has 112 valence electrons. The minimum atomic E-state index is -0.238. The number of hydrogen-bond donors (Lipinski definition) is 1. The zero-order valence-corrected chi connectivity index (χ0v) is 13.4. The number of carbonyl (C=O) groups is 1. The Balaban J connectivity index is 2.04. The number of halogens is 1. The molecular weight excluding hydrogens is 336 g/mol. The van der Waals surface area contributed by atoms with Gasteiger partial charge in [-0.3, -0.25) is 4.79 Å². The van der Waals surface area contributed by atoms with Crippen LogP contribution in [0.3, 0.4) is 0 Å². The van der Waals surface area contributed by atoms with Crippen molar-refractivity contribution in [1.29, 1.82) is 0 Å². The lowest BCUT2D eigenvalue weighted by atomic mass is 10.1. The van der Waals surface area contributed by atoms with Crippen molar-refractivity contribution in [2.24, 2.45) is 0 Å². The van der Waals surface area contributed by atoms with Gasteiger partial charge in [-0.2, -0.15) is 5.21 Å². The fourth-order valence-electron chi connectivity index (χ4n) is 1.91. The largest absolute Gasteiger partial charge is 0.426 e. The lowest BCUT2D eigenvalue weighted by Crippen LogP contribution is -2.08. The van der Waals surface area contributed by atoms with Crippen LogP contribution < -0.4 is 4.74 Å². The zero-order chi connectivity index (χ0) is 15.1. The topological polar surface area (TPSA) is 80.8 Å². The molecule has 0 radical (unpaired) electrons. The summed E-state index contributed by atoms with van der Waals surface area (Å²) in [5, 5.41) is 13.8. The van der Waals surface area contributed by atoms with Gasteiger partial charge in [0.15, 0.2) is 0 Å². The van der Waals surface area contributed by atoms with Crippen molar-refractivity contribution in [2.75, 3.05) is 0 Å². The highest BCUT2D eigenvalue weighted by Gasteiger charge is 2.14. The third-order valence-corrected chi connectivity index (χ3v) is 3.48. The standard InChI is InChI=1S/C14H17BrN4O2/c1-2-3-4-5-6-13(20)21-12-8-7-10(15)9-11(12)14-16-18-19-17-14/h7-9H,2-6H2,1H3,(H,16,17,18,19). The van der Waals surface area contributed by atoms with Crippen molar-refractivity contribution in [3.63, 3.8) is 0 Å². The van der Waals surface area contributed by atoms with Crippen molar-refractivity contribution < 1.29 is 9.53 Å². The second-order valence-electron chi connectivity index (χ2n) is 4.66. The molecule has 0 unspecified atom stereocenters. The molecular formula is C14H17BrN4O2. The summed E-state index contributed by atoms with van der Waals surface area (Å²) in [6.07, 6.45) is 4.59. The first-order valence-corrected chi connectivity index (χ1v) is 7.74. The van der Waals surface area contributed by atoms with E-state index in [0.29, 0.717) is 23.6 Å². The number of aromatic amines is 1. The predicted molar refractivity (Wildman–Crippen MR) is 81.7 cm³/mol. The molecule has 0 aliphatic carbocycles. The molecule has 0 aliphatic rings. The van der Waals surface area contributed by atoms with Crippen LogP contribution in [-0.4, -0.2) is 26.6 Å². The lowest BCUT2D eigenvalue weighted by molar-refractivity contribution is -0.134. The van der Waals surface area contributed by atoms with E-state index in [1.165, 1.54) is 0 Å². The number of benzene rings is 1. The molecule has 7 heteroatoms. The summed E-state index contributed by atoms with van der Waals surface area (Å²) in [6, 6.07) is 5.33. The van der Waals surface area contributed by atoms with Crippen molar-refractivity contribution >= 4 is 21.9 Å². The minimum Gasteiger partial charge on any atom is -0.426 e. The van der Waals surface area contributed by atoms with Gasteiger partial charge in [-0.05, 0) is 29.8 Å². The number of nitrogens with one attached hydrogen (secondary N) is 1. The highest BCUT2D eigenvalue weighted by molar-refractivity contribution is 9.10. The fourth-order valence-corrected chi connectivity index (χ4v) is 2.27. The molecule has 2 rings (SSSR count). The molecule has 0 atom stereocenters. The fraction of sp³-hybridized carbons (Fsp3) is 0.429. The van der Waals surface area contributed by atoms with Crippen LogP contribution in [0.4, 0.5) is 0 Å². The molecule has 1 N–H and O–H groups in total. The van der Waals surface area contributed by atoms with Crippen molar-refractivity contribution in [3.8, 4) is 17.1 Å². The number of hydrogen-bond acceptors (Lipinski definition) is 5. The summed E-state index contributed by atoms with van der Waals surface area (Å²) in [7, 11) is 0. The van der Waals surface area contributed by atoms with Gasteiger partial charge in [0, 0.05) is 10.9 Å². The van der Waals surface area contributed by atoms with E-state index >= 15 is 0 Å². The third-order valence-electron chi connectivity index (χ3n) is 2.99. The van der Waals surface area contributed by atoms with Gasteiger partial charge >= 0.3 is 5.97 Å². The maximum atomic E-state index is 11.9. The molecule has 0 bridgehead atoms. The SMILES string of the molecule is CCCCCCC(=O)Oc1ccc(Br)cc1-c1nn[nH]n1. The van der Waals surface area contributed by atoms with Crippen LogP contribution in [0.2, 0.25) is 0 Å². The van der Waals surface area contributed by atoms with Gasteiger partial charge in [-0.1, -0.05) is 42.1 Å². The molecule has 1 heterocycles.